The summed E-state index contributed by atoms with van der Waals surface area (Å²) in [6, 6.07) is -0.0934. The van der Waals surface area contributed by atoms with Gasteiger partial charge in [0.1, 0.15) is 17.3 Å². The molecule has 9 nitrogen and oxygen atoms in total. The molecule has 0 saturated heterocycles. The maximum absolute atomic E-state index is 14.0. The summed E-state index contributed by atoms with van der Waals surface area (Å²) in [5.74, 6) is 4.85. The summed E-state index contributed by atoms with van der Waals surface area (Å²) >= 11 is 0. The maximum Gasteiger partial charge on any atom is 0.410 e. The van der Waals surface area contributed by atoms with Gasteiger partial charge in [0.05, 0.1) is 0 Å². The number of fused-ring (bicyclic) bond motifs is 5. The topological polar surface area (TPSA) is 106 Å². The van der Waals surface area contributed by atoms with E-state index in [0.29, 0.717) is 24.9 Å². The molecule has 3 fully saturated rings. The fraction of sp³-hybridized carbons (Fsp3) is 0.902. The van der Waals surface area contributed by atoms with Crippen molar-refractivity contribution in [2.75, 3.05) is 13.1 Å². The lowest BCUT2D eigenvalue weighted by Gasteiger charge is -2.58. The SMILES string of the molecule is CC(C)CCC[C@@H](C)[C@H]1CC[C@H]2[C@@H]3CC=C4C[C@@H](OC(=O)N(CCCCCCCC(C)NC(=O)OC(C)(C)C)CCC(C)NC(=O)OC(C)(C)C)CC[C@]4(C)[C@H]3CC[C@]12C. The number of amides is 3. The summed E-state index contributed by atoms with van der Waals surface area (Å²) in [5.41, 5.74) is 1.16. The van der Waals surface area contributed by atoms with Crippen molar-refractivity contribution in [1.82, 2.24) is 15.5 Å². The van der Waals surface area contributed by atoms with Gasteiger partial charge in [-0.3, -0.25) is 0 Å². The van der Waals surface area contributed by atoms with E-state index in [-0.39, 0.29) is 35.8 Å². The predicted molar refractivity (Wildman–Crippen MR) is 245 cm³/mol. The lowest BCUT2D eigenvalue weighted by Crippen LogP contribution is -2.51. The second-order valence-corrected chi connectivity index (χ2v) is 23.0. The molecule has 3 amide bonds. The molecular weight excluding hydrogens is 751 g/mol. The highest BCUT2D eigenvalue weighted by atomic mass is 16.6. The third kappa shape index (κ3) is 14.6. The van der Waals surface area contributed by atoms with E-state index in [0.717, 1.165) is 93.3 Å². The summed E-state index contributed by atoms with van der Waals surface area (Å²) in [5, 5.41) is 5.89. The Balaban J connectivity index is 1.30. The standard InChI is InChI=1S/C51H91N3O6/c1-35(2)20-19-21-36(3)42-25-26-43-41-24-23-39-34-40(27-30-50(39,12)44(41)28-31-51(42,43)13)58-47(57)54(33-29-38(5)53-46(56)60-49(9,10)11)32-18-16-14-15-17-22-37(4)52-45(55)59-48(6,7)8/h23,35-38,40-44H,14-22,24-34H2,1-13H3,(H,52,55)(H,53,56)/t36-,37?,38?,40+,41+,42-,43+,44+,50+,51-/m1/s1. The van der Waals surface area contributed by atoms with Gasteiger partial charge in [-0.15, -0.1) is 0 Å². The summed E-state index contributed by atoms with van der Waals surface area (Å²) in [6.07, 6.45) is 21.8. The van der Waals surface area contributed by atoms with Crippen molar-refractivity contribution in [2.45, 2.75) is 235 Å². The Morgan fingerprint density at radius 2 is 1.33 bits per heavy atom. The zero-order valence-corrected chi connectivity index (χ0v) is 40.8. The van der Waals surface area contributed by atoms with Crippen LogP contribution in [0.5, 0.6) is 0 Å². The zero-order valence-electron chi connectivity index (χ0n) is 40.8. The van der Waals surface area contributed by atoms with Crippen LogP contribution in [0.1, 0.15) is 206 Å². The minimum Gasteiger partial charge on any atom is -0.446 e. The molecule has 2 unspecified atom stereocenters. The van der Waals surface area contributed by atoms with E-state index in [2.05, 4.69) is 51.3 Å². The Bertz CT molecular complexity index is 1420. The van der Waals surface area contributed by atoms with Crippen LogP contribution < -0.4 is 10.6 Å². The fourth-order valence-corrected chi connectivity index (χ4v) is 12.1. The summed E-state index contributed by atoms with van der Waals surface area (Å²) < 4.78 is 17.3. The average molecular weight is 842 g/mol. The molecule has 0 heterocycles. The van der Waals surface area contributed by atoms with Gasteiger partial charge in [-0.1, -0.05) is 91.2 Å². The monoisotopic (exact) mass is 842 g/mol. The van der Waals surface area contributed by atoms with Crippen LogP contribution in [0, 0.1) is 46.3 Å². The minimum atomic E-state index is -0.570. The van der Waals surface area contributed by atoms with Crippen LogP contribution in [0.4, 0.5) is 14.4 Å². The molecule has 4 aliphatic carbocycles. The van der Waals surface area contributed by atoms with Gasteiger partial charge in [-0.05, 0) is 166 Å². The normalized spacial score (nSPS) is 29.2. The highest BCUT2D eigenvalue weighted by molar-refractivity contribution is 5.69. The van der Waals surface area contributed by atoms with Crippen LogP contribution in [0.15, 0.2) is 11.6 Å². The molecule has 0 aromatic rings. The zero-order chi connectivity index (χ0) is 44.5. The largest absolute Gasteiger partial charge is 0.446 e. The molecule has 0 aromatic carbocycles. The van der Waals surface area contributed by atoms with Crippen LogP contribution in [0.3, 0.4) is 0 Å². The van der Waals surface area contributed by atoms with Gasteiger partial charge in [0.2, 0.25) is 0 Å². The summed E-state index contributed by atoms with van der Waals surface area (Å²) in [7, 11) is 0. The van der Waals surface area contributed by atoms with Crippen molar-refractivity contribution in [3.05, 3.63) is 11.6 Å². The van der Waals surface area contributed by atoms with E-state index < -0.39 is 17.3 Å². The molecule has 0 spiro atoms. The molecule has 60 heavy (non-hydrogen) atoms. The third-order valence-corrected chi connectivity index (χ3v) is 15.2. The average Bonchev–Trinajstić information content (AvgIpc) is 3.48. The lowest BCUT2D eigenvalue weighted by atomic mass is 9.47. The fourth-order valence-electron chi connectivity index (χ4n) is 12.1. The molecule has 0 aliphatic heterocycles. The van der Waals surface area contributed by atoms with Gasteiger partial charge in [0.25, 0.3) is 0 Å². The van der Waals surface area contributed by atoms with Crippen molar-refractivity contribution in [1.29, 1.82) is 0 Å². The number of nitrogens with one attached hydrogen (secondary N) is 2. The molecule has 4 aliphatic rings. The molecule has 3 saturated carbocycles. The molecular formula is C51H91N3O6. The van der Waals surface area contributed by atoms with Gasteiger partial charge in [0, 0.05) is 31.6 Å². The van der Waals surface area contributed by atoms with Gasteiger partial charge < -0.3 is 29.7 Å². The molecule has 9 heteroatoms. The first-order chi connectivity index (χ1) is 28.0. The number of allylic oxidation sites excluding steroid dienone is 1. The quantitative estimate of drug-likeness (QED) is 0.0762. The lowest BCUT2D eigenvalue weighted by molar-refractivity contribution is -0.0593. The van der Waals surface area contributed by atoms with E-state index in [1.54, 1.807) is 5.57 Å². The molecule has 4 rings (SSSR count). The van der Waals surface area contributed by atoms with Crippen molar-refractivity contribution < 1.29 is 28.6 Å². The van der Waals surface area contributed by atoms with E-state index >= 15 is 0 Å². The van der Waals surface area contributed by atoms with Crippen LogP contribution >= 0.6 is 0 Å². The summed E-state index contributed by atoms with van der Waals surface area (Å²) in [6.45, 7) is 28.8. The molecule has 0 aromatic heterocycles. The second-order valence-electron chi connectivity index (χ2n) is 23.0. The Kier molecular flexibility index (Phi) is 18.2. The van der Waals surface area contributed by atoms with Crippen LogP contribution in [-0.2, 0) is 14.2 Å². The van der Waals surface area contributed by atoms with E-state index in [9.17, 15) is 14.4 Å². The smallest absolute Gasteiger partial charge is 0.410 e. The number of alkyl carbamates (subject to hydrolysis) is 2. The van der Waals surface area contributed by atoms with Crippen LogP contribution in [-0.4, -0.2) is 65.7 Å². The number of unbranched alkanes of at least 4 members (excludes halogenated alkanes) is 4. The minimum absolute atomic E-state index is 0.0569. The van der Waals surface area contributed by atoms with Crippen molar-refractivity contribution in [2.24, 2.45) is 46.3 Å². The van der Waals surface area contributed by atoms with Gasteiger partial charge in [-0.25, -0.2) is 14.4 Å². The first-order valence-electron chi connectivity index (χ1n) is 24.6. The molecule has 2 N–H and O–H groups in total. The first kappa shape index (κ1) is 50.2. The highest BCUT2D eigenvalue weighted by Crippen LogP contribution is 2.67. The number of nitrogens with zero attached hydrogens (tertiary/aromatic N) is 1. The van der Waals surface area contributed by atoms with E-state index in [4.69, 9.17) is 14.2 Å². The highest BCUT2D eigenvalue weighted by Gasteiger charge is 2.59. The first-order valence-corrected chi connectivity index (χ1v) is 24.6. The number of rotatable bonds is 19. The van der Waals surface area contributed by atoms with Crippen LogP contribution in [0.2, 0.25) is 0 Å². The Morgan fingerprint density at radius 1 is 0.717 bits per heavy atom. The number of carbonyl (C=O) groups excluding carboxylic acids is 3. The number of hydrogen-bond acceptors (Lipinski definition) is 6. The van der Waals surface area contributed by atoms with Gasteiger partial charge in [0.15, 0.2) is 0 Å². The molecule has 0 bridgehead atoms. The second kappa shape index (κ2) is 21.8. The van der Waals surface area contributed by atoms with Crippen molar-refractivity contribution >= 4 is 18.3 Å². The van der Waals surface area contributed by atoms with E-state index in [1.807, 2.05) is 60.3 Å². The predicted octanol–water partition coefficient (Wildman–Crippen LogP) is 13.4. The molecule has 346 valence electrons. The van der Waals surface area contributed by atoms with Gasteiger partial charge >= 0.3 is 18.3 Å². The number of ether oxygens (including phenoxy) is 3. The molecule has 0 radical (unpaired) electrons. The Morgan fingerprint density at radius 3 is 1.97 bits per heavy atom. The van der Waals surface area contributed by atoms with Crippen LogP contribution in [0.25, 0.3) is 0 Å². The summed E-state index contributed by atoms with van der Waals surface area (Å²) in [4.78, 5) is 40.5. The Hall–Kier alpha value is -2.45. The van der Waals surface area contributed by atoms with Crippen molar-refractivity contribution in [3.8, 4) is 0 Å². The van der Waals surface area contributed by atoms with E-state index in [1.165, 1.54) is 51.4 Å². The Labute approximate surface area is 367 Å². The van der Waals surface area contributed by atoms with Gasteiger partial charge in [-0.2, -0.15) is 0 Å². The third-order valence-electron chi connectivity index (χ3n) is 15.2. The molecule has 10 atom stereocenters. The van der Waals surface area contributed by atoms with Crippen molar-refractivity contribution in [3.63, 3.8) is 0 Å². The maximum atomic E-state index is 14.0. The number of carbonyl (C=O) groups is 3. The number of hydrogen-bond donors (Lipinski definition) is 2.